The topological polar surface area (TPSA) is 76.4 Å². The lowest BCUT2D eigenvalue weighted by Crippen LogP contribution is -2.56. The second-order valence-corrected chi connectivity index (χ2v) is 10.2. The Hall–Kier alpha value is -2.98. The van der Waals surface area contributed by atoms with Crippen LogP contribution in [0, 0.1) is 17.2 Å². The molecule has 0 bridgehead atoms. The van der Waals surface area contributed by atoms with Gasteiger partial charge in [0.1, 0.15) is 6.07 Å². The van der Waals surface area contributed by atoms with Crippen LogP contribution in [-0.4, -0.2) is 58.5 Å². The van der Waals surface area contributed by atoms with Crippen LogP contribution >= 0.6 is 0 Å². The molecule has 1 aromatic heterocycles. The molecular weight excluding hydrogens is 412 g/mol. The fourth-order valence-corrected chi connectivity index (χ4v) is 5.98. The van der Waals surface area contributed by atoms with Crippen molar-refractivity contribution in [2.45, 2.75) is 56.0 Å². The van der Waals surface area contributed by atoms with Gasteiger partial charge in [-0.1, -0.05) is 36.8 Å². The number of nitrogens with zero attached hydrogens (tertiary/aromatic N) is 6. The molecule has 5 rings (SSSR count). The van der Waals surface area contributed by atoms with E-state index in [2.05, 4.69) is 70.3 Å². The molecule has 1 aliphatic heterocycles. The Bertz CT molecular complexity index is 1030. The molecule has 2 aliphatic carbocycles. The van der Waals surface area contributed by atoms with E-state index < -0.39 is 0 Å². The molecule has 1 spiro atoms. The fraction of sp³-hybridized carbons (Fsp3) is 0.538. The van der Waals surface area contributed by atoms with Crippen molar-refractivity contribution < 1.29 is 4.79 Å². The summed E-state index contributed by atoms with van der Waals surface area (Å²) in [6.45, 7) is 1.44. The number of carbonyl (C=O) groups excluding carboxylic acids is 1. The number of hydrogen-bond acceptors (Lipinski definition) is 5. The van der Waals surface area contributed by atoms with Crippen LogP contribution < -0.4 is 4.90 Å². The van der Waals surface area contributed by atoms with Crippen LogP contribution in [0.1, 0.15) is 56.1 Å². The van der Waals surface area contributed by atoms with Gasteiger partial charge in [-0.2, -0.15) is 5.26 Å². The largest absolute Gasteiger partial charge is 0.327 e. The highest BCUT2D eigenvalue weighted by Gasteiger charge is 2.55. The molecule has 0 N–H and O–H groups in total. The molecule has 172 valence electrons. The van der Waals surface area contributed by atoms with Crippen LogP contribution in [-0.2, 0) is 5.54 Å². The maximum absolute atomic E-state index is 13.7. The Labute approximate surface area is 196 Å². The van der Waals surface area contributed by atoms with Gasteiger partial charge in [0, 0.05) is 12.1 Å². The Balaban J connectivity index is 1.44. The van der Waals surface area contributed by atoms with Crippen LogP contribution in [0.5, 0.6) is 0 Å². The molecular formula is C26H32N6O. The monoisotopic (exact) mass is 444 g/mol. The van der Waals surface area contributed by atoms with Crippen molar-refractivity contribution in [1.82, 2.24) is 19.8 Å². The van der Waals surface area contributed by atoms with Crippen LogP contribution in [0.4, 0.5) is 10.7 Å². The zero-order valence-corrected chi connectivity index (χ0v) is 19.6. The second-order valence-electron chi connectivity index (χ2n) is 10.2. The van der Waals surface area contributed by atoms with E-state index in [1.807, 2.05) is 0 Å². The van der Waals surface area contributed by atoms with E-state index in [1.165, 1.54) is 37.2 Å². The minimum atomic E-state index is -0.196. The highest BCUT2D eigenvalue weighted by molar-refractivity contribution is 5.93. The van der Waals surface area contributed by atoms with Crippen molar-refractivity contribution in [3.8, 4) is 6.07 Å². The SMILES string of the molecule is CN(C)[C@]1(c2ccccc2)CC[C@@]2(CC1)CN(c1ncc(C#N)cn1)C(=O)N2CC1CCC1. The molecule has 0 radical (unpaired) electrons. The number of carbonyl (C=O) groups is 1. The first-order valence-corrected chi connectivity index (χ1v) is 12.0. The van der Waals surface area contributed by atoms with Crippen molar-refractivity contribution in [2.75, 3.05) is 32.1 Å². The van der Waals surface area contributed by atoms with Gasteiger partial charge in [-0.15, -0.1) is 0 Å². The molecule has 0 unspecified atom stereocenters. The highest BCUT2D eigenvalue weighted by Crippen LogP contribution is 2.49. The van der Waals surface area contributed by atoms with Crippen molar-refractivity contribution in [3.63, 3.8) is 0 Å². The number of aromatic nitrogens is 2. The third-order valence-electron chi connectivity index (χ3n) is 8.34. The summed E-state index contributed by atoms with van der Waals surface area (Å²) in [6.07, 6.45) is 10.6. The predicted molar refractivity (Wildman–Crippen MR) is 127 cm³/mol. The Morgan fingerprint density at radius 1 is 1.09 bits per heavy atom. The molecule has 1 saturated heterocycles. The smallest absolute Gasteiger partial charge is 0.317 e. The number of urea groups is 1. The van der Waals surface area contributed by atoms with Crippen molar-refractivity contribution in [1.29, 1.82) is 5.26 Å². The number of anilines is 1. The zero-order valence-electron chi connectivity index (χ0n) is 19.6. The molecule has 3 fully saturated rings. The Kier molecular flexibility index (Phi) is 5.57. The number of nitriles is 1. The van der Waals surface area contributed by atoms with E-state index >= 15 is 0 Å². The molecule has 0 atom stereocenters. The molecule has 2 heterocycles. The summed E-state index contributed by atoms with van der Waals surface area (Å²) in [5.41, 5.74) is 1.55. The third-order valence-corrected chi connectivity index (χ3v) is 8.34. The second kappa shape index (κ2) is 8.42. The third kappa shape index (κ3) is 3.67. The normalized spacial score (nSPS) is 27.8. The molecule has 3 aliphatic rings. The average Bonchev–Trinajstić information content (AvgIpc) is 3.08. The first-order valence-electron chi connectivity index (χ1n) is 12.0. The van der Waals surface area contributed by atoms with E-state index in [9.17, 15) is 4.79 Å². The van der Waals surface area contributed by atoms with Gasteiger partial charge in [0.05, 0.1) is 30.0 Å². The van der Waals surface area contributed by atoms with Gasteiger partial charge in [-0.25, -0.2) is 14.8 Å². The van der Waals surface area contributed by atoms with Gasteiger partial charge in [0.15, 0.2) is 0 Å². The standard InChI is InChI=1S/C26H32N6O/c1-30(2)26(22-9-4-3-5-10-22)13-11-25(12-14-26)19-31(23-28-16-21(15-27)17-29-23)24(33)32(25)18-20-7-6-8-20/h3-5,9-10,16-17,20H,6-8,11-14,18-19H2,1-2H3/t25-,26-. The molecule has 7 nitrogen and oxygen atoms in total. The summed E-state index contributed by atoms with van der Waals surface area (Å²) in [4.78, 5) is 28.6. The van der Waals surface area contributed by atoms with Crippen LogP contribution in [0.3, 0.4) is 0 Å². The fourth-order valence-electron chi connectivity index (χ4n) is 5.98. The van der Waals surface area contributed by atoms with Crippen molar-refractivity contribution in [3.05, 3.63) is 53.9 Å². The predicted octanol–water partition coefficient (Wildman–Crippen LogP) is 4.16. The lowest BCUT2D eigenvalue weighted by molar-refractivity contribution is 0.0172. The number of amides is 2. The van der Waals surface area contributed by atoms with Crippen LogP contribution in [0.2, 0.25) is 0 Å². The summed E-state index contributed by atoms with van der Waals surface area (Å²) in [7, 11) is 4.35. The van der Waals surface area contributed by atoms with Gasteiger partial charge in [-0.3, -0.25) is 9.80 Å². The molecule has 2 aromatic rings. The maximum Gasteiger partial charge on any atom is 0.327 e. The molecule has 1 aromatic carbocycles. The van der Waals surface area contributed by atoms with E-state index in [1.54, 1.807) is 4.90 Å². The van der Waals surface area contributed by atoms with Gasteiger partial charge >= 0.3 is 6.03 Å². The molecule has 33 heavy (non-hydrogen) atoms. The zero-order chi connectivity index (χ0) is 23.1. The lowest BCUT2D eigenvalue weighted by Gasteiger charge is -2.51. The summed E-state index contributed by atoms with van der Waals surface area (Å²) >= 11 is 0. The Morgan fingerprint density at radius 3 is 2.30 bits per heavy atom. The van der Waals surface area contributed by atoms with Crippen molar-refractivity contribution in [2.24, 2.45) is 5.92 Å². The minimum Gasteiger partial charge on any atom is -0.317 e. The Morgan fingerprint density at radius 2 is 1.76 bits per heavy atom. The number of benzene rings is 1. The minimum absolute atomic E-state index is 0.0173. The van der Waals surface area contributed by atoms with Gasteiger partial charge in [-0.05, 0) is 64.1 Å². The summed E-state index contributed by atoms with van der Waals surface area (Å²) in [5.74, 6) is 1.00. The maximum atomic E-state index is 13.7. The lowest BCUT2D eigenvalue weighted by atomic mass is 9.68. The summed E-state index contributed by atoms with van der Waals surface area (Å²) in [5, 5.41) is 9.08. The highest BCUT2D eigenvalue weighted by atomic mass is 16.2. The van der Waals surface area contributed by atoms with Crippen molar-refractivity contribution >= 4 is 12.0 Å². The molecule has 2 amide bonds. The van der Waals surface area contributed by atoms with Gasteiger partial charge in [0.2, 0.25) is 5.95 Å². The number of rotatable bonds is 5. The van der Waals surface area contributed by atoms with E-state index in [0.717, 1.165) is 32.2 Å². The summed E-state index contributed by atoms with van der Waals surface area (Å²) < 4.78 is 0. The van der Waals surface area contributed by atoms with E-state index in [0.29, 0.717) is 24.0 Å². The summed E-state index contributed by atoms with van der Waals surface area (Å²) in [6, 6.07) is 12.9. The van der Waals surface area contributed by atoms with Gasteiger partial charge in [0.25, 0.3) is 0 Å². The molecule has 7 heteroatoms. The first kappa shape index (κ1) is 21.8. The van der Waals surface area contributed by atoms with Crippen LogP contribution in [0.25, 0.3) is 0 Å². The van der Waals surface area contributed by atoms with Crippen LogP contribution in [0.15, 0.2) is 42.7 Å². The number of hydrogen-bond donors (Lipinski definition) is 0. The quantitative estimate of drug-likeness (QED) is 0.692. The average molecular weight is 445 g/mol. The van der Waals surface area contributed by atoms with E-state index in [-0.39, 0.29) is 17.1 Å². The molecule has 2 saturated carbocycles. The van der Waals surface area contributed by atoms with E-state index in [4.69, 9.17) is 5.26 Å². The first-order chi connectivity index (χ1) is 16.0. The van der Waals surface area contributed by atoms with Gasteiger partial charge < -0.3 is 4.90 Å².